The van der Waals surface area contributed by atoms with Crippen LogP contribution in [0.2, 0.25) is 5.02 Å². The van der Waals surface area contributed by atoms with Gasteiger partial charge in [0, 0.05) is 23.7 Å². The van der Waals surface area contributed by atoms with Gasteiger partial charge in [0.25, 0.3) is 0 Å². The molecule has 146 valence electrons. The number of amides is 2. The Morgan fingerprint density at radius 1 is 1.14 bits per heavy atom. The molecule has 5 nitrogen and oxygen atoms in total. The monoisotopic (exact) mass is 409 g/mol. The normalized spacial score (nSPS) is 17.4. The third-order valence-electron chi connectivity index (χ3n) is 4.26. The van der Waals surface area contributed by atoms with E-state index in [0.717, 1.165) is 12.1 Å². The van der Waals surface area contributed by atoms with Gasteiger partial charge in [0.15, 0.2) is 0 Å². The lowest BCUT2D eigenvalue weighted by Gasteiger charge is -2.16. The van der Waals surface area contributed by atoms with E-state index in [-0.39, 0.29) is 18.9 Å². The van der Waals surface area contributed by atoms with Crippen molar-refractivity contribution in [2.45, 2.75) is 12.6 Å². The highest BCUT2D eigenvalue weighted by molar-refractivity contribution is 6.30. The van der Waals surface area contributed by atoms with Crippen LogP contribution in [0.3, 0.4) is 0 Å². The minimum absolute atomic E-state index is 0.0459. The first-order chi connectivity index (χ1) is 13.2. The van der Waals surface area contributed by atoms with Crippen molar-refractivity contribution in [3.8, 4) is 0 Å². The summed E-state index contributed by atoms with van der Waals surface area (Å²) in [5.41, 5.74) is 2.62. The number of alkyl halides is 3. The molecule has 1 N–H and O–H groups in total. The van der Waals surface area contributed by atoms with Gasteiger partial charge in [0.05, 0.1) is 17.7 Å². The fourth-order valence-electron chi connectivity index (χ4n) is 2.77. The Bertz CT molecular complexity index is 896. The highest BCUT2D eigenvalue weighted by atomic mass is 35.5. The number of benzene rings is 2. The molecule has 1 heterocycles. The average Bonchev–Trinajstić information content (AvgIpc) is 3.04. The molecule has 2 aromatic carbocycles. The average molecular weight is 410 g/mol. The van der Waals surface area contributed by atoms with E-state index in [4.69, 9.17) is 11.6 Å². The second-order valence-corrected chi connectivity index (χ2v) is 6.67. The molecule has 1 fully saturated rings. The number of hydrogen-bond acceptors (Lipinski definition) is 3. The van der Waals surface area contributed by atoms with Crippen molar-refractivity contribution in [3.05, 3.63) is 64.7 Å². The summed E-state index contributed by atoms with van der Waals surface area (Å²) < 4.78 is 37.6. The van der Waals surface area contributed by atoms with E-state index in [1.165, 1.54) is 23.2 Å². The van der Waals surface area contributed by atoms with Gasteiger partial charge < -0.3 is 4.90 Å². The SMILES string of the molecule is O=C(N/N=C\c1ccc(C(F)(F)F)cc1)[C@@H]1CC(=O)N(c2ccc(Cl)cc2)C1. The van der Waals surface area contributed by atoms with Crippen molar-refractivity contribution < 1.29 is 22.8 Å². The maximum absolute atomic E-state index is 12.5. The van der Waals surface area contributed by atoms with Crippen LogP contribution in [0.1, 0.15) is 17.5 Å². The highest BCUT2D eigenvalue weighted by Crippen LogP contribution is 2.29. The molecule has 0 saturated carbocycles. The number of carbonyl (C=O) groups excluding carboxylic acids is 2. The van der Waals surface area contributed by atoms with Crippen LogP contribution in [0, 0.1) is 5.92 Å². The Labute approximate surface area is 163 Å². The highest BCUT2D eigenvalue weighted by Gasteiger charge is 2.35. The number of anilines is 1. The van der Waals surface area contributed by atoms with Gasteiger partial charge >= 0.3 is 6.18 Å². The number of hydrazone groups is 1. The molecule has 2 aromatic rings. The molecule has 0 bridgehead atoms. The van der Waals surface area contributed by atoms with Crippen molar-refractivity contribution in [2.24, 2.45) is 11.0 Å². The van der Waals surface area contributed by atoms with Crippen LogP contribution < -0.4 is 10.3 Å². The van der Waals surface area contributed by atoms with Crippen molar-refractivity contribution in [2.75, 3.05) is 11.4 Å². The molecule has 9 heteroatoms. The Morgan fingerprint density at radius 2 is 1.79 bits per heavy atom. The van der Waals surface area contributed by atoms with Crippen LogP contribution in [-0.4, -0.2) is 24.6 Å². The van der Waals surface area contributed by atoms with Crippen molar-refractivity contribution in [1.82, 2.24) is 5.43 Å². The summed E-state index contributed by atoms with van der Waals surface area (Å²) in [5, 5.41) is 4.30. The standard InChI is InChI=1S/C19H15ClF3N3O2/c20-15-5-7-16(8-6-15)26-11-13(9-17(26)27)18(28)25-24-10-12-1-3-14(4-2-12)19(21,22)23/h1-8,10,13H,9,11H2,(H,25,28)/b24-10-/t13-/m1/s1. The van der Waals surface area contributed by atoms with Crippen LogP contribution in [0.4, 0.5) is 18.9 Å². The molecule has 28 heavy (non-hydrogen) atoms. The van der Waals surface area contributed by atoms with Crippen LogP contribution in [0.15, 0.2) is 53.6 Å². The van der Waals surface area contributed by atoms with E-state index in [1.807, 2.05) is 0 Å². The predicted molar refractivity (Wildman–Crippen MR) is 99.1 cm³/mol. The second-order valence-electron chi connectivity index (χ2n) is 6.24. The Kier molecular flexibility index (Phi) is 5.69. The van der Waals surface area contributed by atoms with E-state index < -0.39 is 23.6 Å². The smallest absolute Gasteiger partial charge is 0.312 e. The first kappa shape index (κ1) is 19.9. The maximum Gasteiger partial charge on any atom is 0.416 e. The lowest BCUT2D eigenvalue weighted by molar-refractivity contribution is -0.137. The van der Waals surface area contributed by atoms with Crippen LogP contribution in [-0.2, 0) is 15.8 Å². The lowest BCUT2D eigenvalue weighted by Crippen LogP contribution is -2.30. The molecule has 0 radical (unpaired) electrons. The topological polar surface area (TPSA) is 61.8 Å². The maximum atomic E-state index is 12.5. The molecule has 3 rings (SSSR count). The number of carbonyl (C=O) groups is 2. The summed E-state index contributed by atoms with van der Waals surface area (Å²) in [7, 11) is 0. The van der Waals surface area contributed by atoms with Gasteiger partial charge in [-0.3, -0.25) is 9.59 Å². The van der Waals surface area contributed by atoms with Crippen LogP contribution in [0.25, 0.3) is 0 Å². The first-order valence-corrected chi connectivity index (χ1v) is 8.68. The molecule has 0 aliphatic carbocycles. The zero-order valence-corrected chi connectivity index (χ0v) is 15.2. The van der Waals surface area contributed by atoms with Gasteiger partial charge in [-0.25, -0.2) is 5.43 Å². The summed E-state index contributed by atoms with van der Waals surface area (Å²) in [4.78, 5) is 25.9. The Morgan fingerprint density at radius 3 is 2.39 bits per heavy atom. The number of rotatable bonds is 4. The molecule has 2 amide bonds. The molecule has 1 aliphatic rings. The summed E-state index contributed by atoms with van der Waals surface area (Å²) in [6.07, 6.45) is -3.12. The minimum Gasteiger partial charge on any atom is -0.312 e. The van der Waals surface area contributed by atoms with E-state index >= 15 is 0 Å². The number of hydrogen-bond donors (Lipinski definition) is 1. The van der Waals surface area contributed by atoms with E-state index in [2.05, 4.69) is 10.5 Å². The van der Waals surface area contributed by atoms with Gasteiger partial charge in [-0.1, -0.05) is 23.7 Å². The molecule has 0 aromatic heterocycles. The van der Waals surface area contributed by atoms with Gasteiger partial charge in [-0.15, -0.1) is 0 Å². The third-order valence-corrected chi connectivity index (χ3v) is 4.51. The predicted octanol–water partition coefficient (Wildman–Crippen LogP) is 3.86. The quantitative estimate of drug-likeness (QED) is 0.615. The van der Waals surface area contributed by atoms with Crippen LogP contribution >= 0.6 is 11.6 Å². The summed E-state index contributed by atoms with van der Waals surface area (Å²) in [6.45, 7) is 0.210. The number of halogens is 4. The summed E-state index contributed by atoms with van der Waals surface area (Å²) >= 11 is 5.83. The van der Waals surface area contributed by atoms with E-state index in [1.54, 1.807) is 24.3 Å². The van der Waals surface area contributed by atoms with Gasteiger partial charge in [-0.2, -0.15) is 18.3 Å². The second kappa shape index (κ2) is 8.02. The molecular formula is C19H15ClF3N3O2. The lowest BCUT2D eigenvalue weighted by atomic mass is 10.1. The fourth-order valence-corrected chi connectivity index (χ4v) is 2.90. The number of nitrogens with one attached hydrogen (secondary N) is 1. The molecule has 0 unspecified atom stereocenters. The van der Waals surface area contributed by atoms with Crippen molar-refractivity contribution >= 4 is 35.3 Å². The van der Waals surface area contributed by atoms with E-state index in [9.17, 15) is 22.8 Å². The zero-order chi connectivity index (χ0) is 20.3. The van der Waals surface area contributed by atoms with Crippen LogP contribution in [0.5, 0.6) is 0 Å². The van der Waals surface area contributed by atoms with Crippen molar-refractivity contribution in [1.29, 1.82) is 0 Å². The fraction of sp³-hybridized carbons (Fsp3) is 0.211. The van der Waals surface area contributed by atoms with Gasteiger partial charge in [0.1, 0.15) is 0 Å². The number of nitrogens with zero attached hydrogens (tertiary/aromatic N) is 2. The minimum atomic E-state index is -4.41. The third kappa shape index (κ3) is 4.69. The van der Waals surface area contributed by atoms with Gasteiger partial charge in [0.2, 0.25) is 11.8 Å². The Balaban J connectivity index is 1.57. The van der Waals surface area contributed by atoms with Crippen molar-refractivity contribution in [3.63, 3.8) is 0 Å². The molecule has 1 saturated heterocycles. The van der Waals surface area contributed by atoms with Gasteiger partial charge in [-0.05, 0) is 42.0 Å². The summed E-state index contributed by atoms with van der Waals surface area (Å²) in [5.74, 6) is -1.20. The summed E-state index contributed by atoms with van der Waals surface area (Å²) in [6, 6.07) is 11.1. The largest absolute Gasteiger partial charge is 0.416 e. The molecule has 0 spiro atoms. The van der Waals surface area contributed by atoms with E-state index in [0.29, 0.717) is 16.3 Å². The Hall–Kier alpha value is -2.87. The zero-order valence-electron chi connectivity index (χ0n) is 14.4. The molecule has 1 aliphatic heterocycles. The molecular weight excluding hydrogens is 395 g/mol. The first-order valence-electron chi connectivity index (χ1n) is 8.30. The molecule has 1 atom stereocenters.